The van der Waals surface area contributed by atoms with Crippen LogP contribution in [0, 0.1) is 0 Å². The Morgan fingerprint density at radius 2 is 2.10 bits per heavy atom. The molecule has 0 fully saturated rings. The second-order valence-corrected chi connectivity index (χ2v) is 4.18. The lowest BCUT2D eigenvalue weighted by Crippen LogP contribution is -2.41. The normalized spacial score (nSPS) is 10.1. The third-order valence-electron chi connectivity index (χ3n) is 2.60. The van der Waals surface area contributed by atoms with Gasteiger partial charge >= 0.3 is 0 Å². The zero-order valence-corrected chi connectivity index (χ0v) is 11.0. The van der Waals surface area contributed by atoms with Gasteiger partial charge in [-0.1, -0.05) is 13.3 Å². The molecule has 3 N–H and O–H groups in total. The third kappa shape index (κ3) is 3.41. The Hall–Kier alpha value is -2.70. The molecule has 0 aromatic carbocycles. The largest absolute Gasteiger partial charge is 0.290 e. The Labute approximate surface area is 115 Å². The summed E-state index contributed by atoms with van der Waals surface area (Å²) in [5.74, 6) is -0.906. The summed E-state index contributed by atoms with van der Waals surface area (Å²) < 4.78 is 0. The number of nitrogens with one attached hydrogen (secondary N) is 3. The van der Waals surface area contributed by atoms with Crippen molar-refractivity contribution in [1.82, 2.24) is 26.0 Å². The number of pyridine rings is 1. The molecule has 7 heteroatoms. The molecule has 0 aliphatic carbocycles. The van der Waals surface area contributed by atoms with E-state index in [4.69, 9.17) is 0 Å². The molecule has 0 atom stereocenters. The molecule has 0 saturated carbocycles. The molecule has 0 aliphatic rings. The maximum atomic E-state index is 11.8. The summed E-state index contributed by atoms with van der Waals surface area (Å²) in [6, 6.07) is 4.90. The van der Waals surface area contributed by atoms with Gasteiger partial charge in [-0.25, -0.2) is 0 Å². The second kappa shape index (κ2) is 6.46. The number of amides is 2. The van der Waals surface area contributed by atoms with Gasteiger partial charge in [0.1, 0.15) is 0 Å². The topological polar surface area (TPSA) is 99.8 Å². The number of nitrogens with zero attached hydrogens (tertiary/aromatic N) is 2. The molecular weight excluding hydrogens is 258 g/mol. The minimum atomic E-state index is -0.471. The van der Waals surface area contributed by atoms with E-state index in [1.807, 2.05) is 6.92 Å². The van der Waals surface area contributed by atoms with Crippen molar-refractivity contribution in [3.05, 3.63) is 47.5 Å². The standard InChI is InChI=1S/C13H15N5O2/c1-2-4-10-7-11(16-15-10)13(20)18-17-12(19)9-5-3-6-14-8-9/h3,5-8H,2,4H2,1H3,(H,15,16)(H,17,19)(H,18,20). The molecule has 0 radical (unpaired) electrons. The van der Waals surface area contributed by atoms with E-state index < -0.39 is 11.8 Å². The van der Waals surface area contributed by atoms with Gasteiger partial charge in [0.25, 0.3) is 11.8 Å². The lowest BCUT2D eigenvalue weighted by Gasteiger charge is -2.05. The minimum Gasteiger partial charge on any atom is -0.282 e. The van der Waals surface area contributed by atoms with Crippen LogP contribution in [0.15, 0.2) is 30.6 Å². The third-order valence-corrected chi connectivity index (χ3v) is 2.60. The molecule has 2 aromatic rings. The number of aryl methyl sites for hydroxylation is 1. The van der Waals surface area contributed by atoms with E-state index in [1.165, 1.54) is 6.20 Å². The quantitative estimate of drug-likeness (QED) is 0.718. The Kier molecular flexibility index (Phi) is 4.43. The van der Waals surface area contributed by atoms with Crippen molar-refractivity contribution in [2.24, 2.45) is 0 Å². The number of hydrogen-bond donors (Lipinski definition) is 3. The summed E-state index contributed by atoms with van der Waals surface area (Å²) in [6.07, 6.45) is 4.76. The molecule has 0 aliphatic heterocycles. The monoisotopic (exact) mass is 273 g/mol. The summed E-state index contributed by atoms with van der Waals surface area (Å²) in [4.78, 5) is 27.3. The number of carbonyl (C=O) groups excluding carboxylic acids is 2. The van der Waals surface area contributed by atoms with Crippen molar-refractivity contribution in [1.29, 1.82) is 0 Å². The van der Waals surface area contributed by atoms with Crippen LogP contribution >= 0.6 is 0 Å². The van der Waals surface area contributed by atoms with E-state index in [2.05, 4.69) is 26.0 Å². The average Bonchev–Trinajstić information content (AvgIpc) is 2.94. The van der Waals surface area contributed by atoms with E-state index in [0.717, 1.165) is 18.5 Å². The first-order chi connectivity index (χ1) is 9.70. The summed E-state index contributed by atoms with van der Waals surface area (Å²) in [6.45, 7) is 2.04. The maximum absolute atomic E-state index is 11.8. The van der Waals surface area contributed by atoms with Crippen molar-refractivity contribution < 1.29 is 9.59 Å². The predicted octanol–water partition coefficient (Wildman–Crippen LogP) is 0.832. The minimum absolute atomic E-state index is 0.236. The number of carbonyl (C=O) groups is 2. The van der Waals surface area contributed by atoms with Gasteiger partial charge < -0.3 is 0 Å². The zero-order valence-electron chi connectivity index (χ0n) is 11.0. The smallest absolute Gasteiger partial charge is 0.282 e. The molecule has 0 bridgehead atoms. The van der Waals surface area contributed by atoms with E-state index in [9.17, 15) is 9.59 Å². The van der Waals surface area contributed by atoms with E-state index in [1.54, 1.807) is 24.4 Å². The van der Waals surface area contributed by atoms with Crippen molar-refractivity contribution in [2.75, 3.05) is 0 Å². The van der Waals surface area contributed by atoms with E-state index >= 15 is 0 Å². The summed E-state index contributed by atoms with van der Waals surface area (Å²) >= 11 is 0. The Bertz CT molecular complexity index is 594. The lowest BCUT2D eigenvalue weighted by atomic mass is 10.2. The van der Waals surface area contributed by atoms with Crippen LogP contribution in [0.3, 0.4) is 0 Å². The van der Waals surface area contributed by atoms with Gasteiger partial charge in [0.15, 0.2) is 5.69 Å². The summed E-state index contributed by atoms with van der Waals surface area (Å²) in [5, 5.41) is 6.66. The van der Waals surface area contributed by atoms with Crippen LogP contribution in [-0.4, -0.2) is 27.0 Å². The predicted molar refractivity (Wildman–Crippen MR) is 71.8 cm³/mol. The second-order valence-electron chi connectivity index (χ2n) is 4.18. The fourth-order valence-electron chi connectivity index (χ4n) is 1.62. The van der Waals surface area contributed by atoms with Gasteiger partial charge in [0.05, 0.1) is 5.56 Å². The first-order valence-corrected chi connectivity index (χ1v) is 6.25. The van der Waals surface area contributed by atoms with Crippen molar-refractivity contribution in [2.45, 2.75) is 19.8 Å². The van der Waals surface area contributed by atoms with Gasteiger partial charge in [0, 0.05) is 18.1 Å². The molecule has 20 heavy (non-hydrogen) atoms. The number of aromatic nitrogens is 3. The fraction of sp³-hybridized carbons (Fsp3) is 0.231. The van der Waals surface area contributed by atoms with Crippen LogP contribution in [-0.2, 0) is 6.42 Å². The highest BCUT2D eigenvalue weighted by Crippen LogP contribution is 2.02. The van der Waals surface area contributed by atoms with E-state index in [-0.39, 0.29) is 5.69 Å². The Balaban J connectivity index is 1.90. The molecule has 2 rings (SSSR count). The number of H-pyrrole nitrogens is 1. The van der Waals surface area contributed by atoms with Crippen LogP contribution < -0.4 is 10.9 Å². The van der Waals surface area contributed by atoms with Gasteiger partial charge in [-0.2, -0.15) is 5.10 Å². The number of hydrazine groups is 1. The van der Waals surface area contributed by atoms with Crippen molar-refractivity contribution >= 4 is 11.8 Å². The van der Waals surface area contributed by atoms with Crippen LogP contribution in [0.1, 0.15) is 39.9 Å². The first kappa shape index (κ1) is 13.7. The Morgan fingerprint density at radius 3 is 2.80 bits per heavy atom. The highest BCUT2D eigenvalue weighted by molar-refractivity contribution is 5.98. The SMILES string of the molecule is CCCc1cc(C(=O)NNC(=O)c2cccnc2)n[nH]1. The molecule has 2 heterocycles. The molecule has 7 nitrogen and oxygen atoms in total. The van der Waals surface area contributed by atoms with Crippen LogP contribution in [0.25, 0.3) is 0 Å². The Morgan fingerprint density at radius 1 is 1.30 bits per heavy atom. The number of rotatable bonds is 4. The molecule has 2 aromatic heterocycles. The van der Waals surface area contributed by atoms with E-state index in [0.29, 0.717) is 5.56 Å². The van der Waals surface area contributed by atoms with Crippen LogP contribution in [0.2, 0.25) is 0 Å². The zero-order chi connectivity index (χ0) is 14.4. The van der Waals surface area contributed by atoms with Crippen LogP contribution in [0.5, 0.6) is 0 Å². The van der Waals surface area contributed by atoms with Gasteiger partial charge in [0.2, 0.25) is 0 Å². The highest BCUT2D eigenvalue weighted by Gasteiger charge is 2.12. The van der Waals surface area contributed by atoms with Crippen LogP contribution in [0.4, 0.5) is 0 Å². The molecule has 0 unspecified atom stereocenters. The number of aromatic amines is 1. The average molecular weight is 273 g/mol. The van der Waals surface area contributed by atoms with Gasteiger partial charge in [-0.3, -0.25) is 30.5 Å². The number of hydrogen-bond acceptors (Lipinski definition) is 4. The molecule has 0 spiro atoms. The summed E-state index contributed by atoms with van der Waals surface area (Å²) in [7, 11) is 0. The molecule has 2 amide bonds. The highest BCUT2D eigenvalue weighted by atomic mass is 16.2. The summed E-state index contributed by atoms with van der Waals surface area (Å²) in [5.41, 5.74) is 6.09. The first-order valence-electron chi connectivity index (χ1n) is 6.25. The molecular formula is C13H15N5O2. The fourth-order valence-corrected chi connectivity index (χ4v) is 1.62. The lowest BCUT2D eigenvalue weighted by molar-refractivity contribution is 0.0843. The maximum Gasteiger partial charge on any atom is 0.290 e. The van der Waals surface area contributed by atoms with Crippen molar-refractivity contribution in [3.63, 3.8) is 0 Å². The molecule has 0 saturated heterocycles. The molecule has 104 valence electrons. The van der Waals surface area contributed by atoms with Gasteiger partial charge in [-0.05, 0) is 24.6 Å². The van der Waals surface area contributed by atoms with Crippen molar-refractivity contribution in [3.8, 4) is 0 Å². The van der Waals surface area contributed by atoms with Gasteiger partial charge in [-0.15, -0.1) is 0 Å².